The number of amides is 3. The predicted molar refractivity (Wildman–Crippen MR) is 109 cm³/mol. The lowest BCUT2D eigenvalue weighted by Gasteiger charge is -2.31. The predicted octanol–water partition coefficient (Wildman–Crippen LogP) is 3.14. The molecular formula is C22H31N3O4. The van der Waals surface area contributed by atoms with Crippen LogP contribution >= 0.6 is 0 Å². The number of rotatable bonds is 4. The summed E-state index contributed by atoms with van der Waals surface area (Å²) in [7, 11) is 0. The number of benzene rings is 1. The quantitative estimate of drug-likeness (QED) is 0.810. The zero-order valence-corrected chi connectivity index (χ0v) is 17.1. The van der Waals surface area contributed by atoms with Gasteiger partial charge in [0.2, 0.25) is 5.91 Å². The molecular weight excluding hydrogens is 370 g/mol. The van der Waals surface area contributed by atoms with Crippen molar-refractivity contribution in [2.75, 3.05) is 19.8 Å². The Kier molecular flexibility index (Phi) is 6.23. The van der Waals surface area contributed by atoms with Gasteiger partial charge in [-0.2, -0.15) is 0 Å². The van der Waals surface area contributed by atoms with Crippen LogP contribution in [-0.2, 0) is 4.79 Å². The Morgan fingerprint density at radius 1 is 1.03 bits per heavy atom. The van der Waals surface area contributed by atoms with Crippen LogP contribution in [0.1, 0.15) is 63.5 Å². The molecule has 3 amide bonds. The third-order valence-corrected chi connectivity index (χ3v) is 6.30. The van der Waals surface area contributed by atoms with Crippen LogP contribution in [0.4, 0.5) is 4.79 Å². The summed E-state index contributed by atoms with van der Waals surface area (Å²) in [4.78, 5) is 27.2. The molecule has 3 aliphatic rings. The fourth-order valence-corrected chi connectivity index (χ4v) is 4.71. The van der Waals surface area contributed by atoms with Gasteiger partial charge < -0.3 is 14.8 Å². The molecule has 2 fully saturated rings. The third kappa shape index (κ3) is 4.66. The smallest absolute Gasteiger partial charge is 0.321 e. The van der Waals surface area contributed by atoms with Gasteiger partial charge in [0.25, 0.3) is 0 Å². The van der Waals surface area contributed by atoms with Crippen molar-refractivity contribution < 1.29 is 19.1 Å². The van der Waals surface area contributed by atoms with Crippen LogP contribution in [-0.4, -0.2) is 48.7 Å². The van der Waals surface area contributed by atoms with Crippen LogP contribution in [0, 0.1) is 0 Å². The van der Waals surface area contributed by atoms with Crippen molar-refractivity contribution >= 4 is 11.9 Å². The number of imide groups is 1. The van der Waals surface area contributed by atoms with Gasteiger partial charge in [0.1, 0.15) is 13.2 Å². The zero-order chi connectivity index (χ0) is 20.2. The Bertz CT molecular complexity index is 748. The summed E-state index contributed by atoms with van der Waals surface area (Å²) in [5.41, 5.74) is 1.12. The maximum absolute atomic E-state index is 12.7. The first-order valence-electron chi connectivity index (χ1n) is 10.9. The molecule has 7 nitrogen and oxygen atoms in total. The highest BCUT2D eigenvalue weighted by atomic mass is 16.6. The molecule has 2 atom stereocenters. The van der Waals surface area contributed by atoms with Gasteiger partial charge in [-0.25, -0.2) is 4.79 Å². The van der Waals surface area contributed by atoms with Gasteiger partial charge in [-0.1, -0.05) is 25.3 Å². The second-order valence-electron chi connectivity index (χ2n) is 8.27. The van der Waals surface area contributed by atoms with Gasteiger partial charge in [0.05, 0.1) is 6.04 Å². The van der Waals surface area contributed by atoms with E-state index in [1.54, 1.807) is 0 Å². The average Bonchev–Trinajstić information content (AvgIpc) is 3.23. The molecule has 0 spiro atoms. The van der Waals surface area contributed by atoms with E-state index in [0.29, 0.717) is 13.2 Å². The van der Waals surface area contributed by atoms with Gasteiger partial charge in [0.15, 0.2) is 11.5 Å². The van der Waals surface area contributed by atoms with E-state index in [1.165, 1.54) is 6.42 Å². The van der Waals surface area contributed by atoms with Gasteiger partial charge >= 0.3 is 6.03 Å². The number of urea groups is 1. The lowest BCUT2D eigenvalue weighted by atomic mass is 9.96. The van der Waals surface area contributed by atoms with E-state index in [2.05, 4.69) is 21.6 Å². The number of nitrogens with one attached hydrogen (secondary N) is 2. The molecule has 2 aliphatic heterocycles. The van der Waals surface area contributed by atoms with Crippen molar-refractivity contribution in [2.45, 2.75) is 70.0 Å². The van der Waals surface area contributed by atoms with Crippen LogP contribution in [0.15, 0.2) is 18.2 Å². The molecule has 0 unspecified atom stereocenters. The second-order valence-corrected chi connectivity index (χ2v) is 8.27. The van der Waals surface area contributed by atoms with Crippen LogP contribution < -0.4 is 20.1 Å². The van der Waals surface area contributed by atoms with E-state index in [0.717, 1.165) is 62.1 Å². The van der Waals surface area contributed by atoms with Crippen molar-refractivity contribution in [3.63, 3.8) is 0 Å². The Morgan fingerprint density at radius 2 is 1.79 bits per heavy atom. The van der Waals surface area contributed by atoms with Gasteiger partial charge in [0, 0.05) is 12.1 Å². The summed E-state index contributed by atoms with van der Waals surface area (Å²) >= 11 is 0. The molecule has 4 rings (SSSR count). The first-order chi connectivity index (χ1) is 14.1. The summed E-state index contributed by atoms with van der Waals surface area (Å²) in [5, 5.41) is 5.50. The molecule has 0 bridgehead atoms. The number of carbonyl (C=O) groups is 2. The van der Waals surface area contributed by atoms with Crippen molar-refractivity contribution in [3.05, 3.63) is 23.8 Å². The lowest BCUT2D eigenvalue weighted by molar-refractivity contribution is -0.125. The number of ether oxygens (including phenoxy) is 2. The van der Waals surface area contributed by atoms with E-state index in [-0.39, 0.29) is 30.1 Å². The third-order valence-electron chi connectivity index (χ3n) is 6.30. The highest BCUT2D eigenvalue weighted by Crippen LogP contribution is 2.38. The van der Waals surface area contributed by atoms with E-state index < -0.39 is 0 Å². The van der Waals surface area contributed by atoms with Crippen LogP contribution in [0.3, 0.4) is 0 Å². The first kappa shape index (κ1) is 20.0. The monoisotopic (exact) mass is 401 g/mol. The van der Waals surface area contributed by atoms with E-state index >= 15 is 0 Å². The van der Waals surface area contributed by atoms with E-state index in [1.807, 2.05) is 19.1 Å². The minimum Gasteiger partial charge on any atom is -0.486 e. The Balaban J connectivity index is 1.37. The summed E-state index contributed by atoms with van der Waals surface area (Å²) < 4.78 is 11.3. The van der Waals surface area contributed by atoms with Crippen molar-refractivity contribution in [1.29, 1.82) is 0 Å². The summed E-state index contributed by atoms with van der Waals surface area (Å²) in [6.45, 7) is 3.83. The molecule has 7 heteroatoms. The van der Waals surface area contributed by atoms with Crippen LogP contribution in [0.25, 0.3) is 0 Å². The number of nitrogens with zero attached hydrogens (tertiary/aromatic N) is 1. The Morgan fingerprint density at radius 3 is 2.59 bits per heavy atom. The summed E-state index contributed by atoms with van der Waals surface area (Å²) in [5.74, 6) is 1.29. The number of fused-ring (bicyclic) bond motifs is 1. The van der Waals surface area contributed by atoms with Gasteiger partial charge in [-0.3, -0.25) is 15.0 Å². The normalized spacial score (nSPS) is 23.4. The highest BCUT2D eigenvalue weighted by molar-refractivity contribution is 5.96. The molecule has 1 saturated carbocycles. The largest absolute Gasteiger partial charge is 0.486 e. The Hall–Kier alpha value is -2.28. The number of hydrogen-bond acceptors (Lipinski definition) is 5. The molecule has 1 aromatic rings. The van der Waals surface area contributed by atoms with Gasteiger partial charge in [-0.05, 0) is 56.8 Å². The molecule has 1 aromatic carbocycles. The number of hydrogen-bond donors (Lipinski definition) is 2. The zero-order valence-electron chi connectivity index (χ0n) is 17.1. The molecule has 2 heterocycles. The Labute approximate surface area is 172 Å². The number of likely N-dealkylation sites (tertiary alicyclic amines) is 1. The minimum atomic E-state index is -0.382. The van der Waals surface area contributed by atoms with Gasteiger partial charge in [-0.15, -0.1) is 0 Å². The van der Waals surface area contributed by atoms with Crippen LogP contribution in [0.5, 0.6) is 11.5 Å². The maximum atomic E-state index is 12.7. The minimum absolute atomic E-state index is 0.132. The lowest BCUT2D eigenvalue weighted by Crippen LogP contribution is -2.51. The topological polar surface area (TPSA) is 79.9 Å². The fourth-order valence-electron chi connectivity index (χ4n) is 4.71. The van der Waals surface area contributed by atoms with Crippen LogP contribution in [0.2, 0.25) is 0 Å². The first-order valence-corrected chi connectivity index (χ1v) is 10.9. The molecule has 0 radical (unpaired) electrons. The fraction of sp³-hybridized carbons (Fsp3) is 0.636. The second kappa shape index (κ2) is 9.03. The van der Waals surface area contributed by atoms with Crippen molar-refractivity contribution in [2.24, 2.45) is 0 Å². The number of carbonyl (C=O) groups excluding carboxylic acids is 2. The van der Waals surface area contributed by atoms with E-state index in [9.17, 15) is 9.59 Å². The standard InChI is InChI=1S/C22H31N3O4/c1-15(21(26)24-22(27)23-17-6-3-2-4-7-17)25-11-5-8-18(25)16-9-10-19-20(14-16)29-13-12-28-19/h9-10,14-15,17-18H,2-8,11-13H2,1H3,(H2,23,24,26,27)/t15-,18-/m1/s1. The molecule has 2 N–H and O–H groups in total. The molecule has 1 aliphatic carbocycles. The van der Waals surface area contributed by atoms with Crippen molar-refractivity contribution in [1.82, 2.24) is 15.5 Å². The SMILES string of the molecule is C[C@H](C(=O)NC(=O)NC1CCCCC1)N1CCC[C@@H]1c1ccc2c(c1)OCCO2. The molecule has 158 valence electrons. The molecule has 29 heavy (non-hydrogen) atoms. The van der Waals surface area contributed by atoms with E-state index in [4.69, 9.17) is 9.47 Å². The average molecular weight is 402 g/mol. The summed E-state index contributed by atoms with van der Waals surface area (Å²) in [6.07, 6.45) is 7.49. The molecule has 0 aromatic heterocycles. The van der Waals surface area contributed by atoms with Crippen molar-refractivity contribution in [3.8, 4) is 11.5 Å². The summed E-state index contributed by atoms with van der Waals surface area (Å²) in [6, 6.07) is 5.59. The maximum Gasteiger partial charge on any atom is 0.321 e. The molecule has 1 saturated heterocycles. The highest BCUT2D eigenvalue weighted by Gasteiger charge is 2.34.